The summed E-state index contributed by atoms with van der Waals surface area (Å²) < 4.78 is 14.8. The van der Waals surface area contributed by atoms with Gasteiger partial charge in [-0.3, -0.25) is 9.59 Å². The van der Waals surface area contributed by atoms with E-state index in [2.05, 4.69) is 5.32 Å². The predicted octanol–water partition coefficient (Wildman–Crippen LogP) is 5.75. The standard InChI is InChI=1S/C35H45FN2O5/c1-22-26(13-7-14-28(22)36)31-27(32(41)23-10-6-12-25(39)18-23)19-35(20-29(31)40,33(42)24-11-9-17-37-21-24)16-8-15-30(38(4)5)34(2,3)43/h6-7,10,12-14,18,20,24,30,37,39-40,43H,8-9,11,15-17,19,21H2,1-5H3/t24-,30+,35?/m1/s1. The number of phenolic OH excluding ortho intramolecular Hbond substituents is 1. The molecule has 2 aliphatic rings. The number of aromatic hydroxyl groups is 1. The highest BCUT2D eigenvalue weighted by Crippen LogP contribution is 2.48. The molecule has 7 nitrogen and oxygen atoms in total. The van der Waals surface area contributed by atoms with Gasteiger partial charge in [0.05, 0.1) is 11.0 Å². The van der Waals surface area contributed by atoms with Crippen LogP contribution in [0.3, 0.4) is 0 Å². The van der Waals surface area contributed by atoms with Crippen LogP contribution >= 0.6 is 0 Å². The van der Waals surface area contributed by atoms with E-state index in [0.29, 0.717) is 37.8 Å². The number of hydrogen-bond acceptors (Lipinski definition) is 7. The van der Waals surface area contributed by atoms with Gasteiger partial charge in [0.25, 0.3) is 0 Å². The number of Topliss-reactive ketones (excluding diaryl/α,β-unsaturated/α-hetero) is 2. The number of carbonyl (C=O) groups is 2. The molecule has 1 aliphatic heterocycles. The lowest BCUT2D eigenvalue weighted by Crippen LogP contribution is -2.46. The first-order chi connectivity index (χ1) is 20.2. The Morgan fingerprint density at radius 3 is 2.51 bits per heavy atom. The lowest BCUT2D eigenvalue weighted by molar-refractivity contribution is -0.131. The number of benzene rings is 2. The Morgan fingerprint density at radius 1 is 1.16 bits per heavy atom. The number of piperidine rings is 1. The molecule has 0 spiro atoms. The van der Waals surface area contributed by atoms with E-state index < -0.39 is 22.6 Å². The number of ketones is 2. The summed E-state index contributed by atoms with van der Waals surface area (Å²) in [5.74, 6) is -1.53. The molecule has 0 bridgehead atoms. The molecule has 0 amide bonds. The second-order valence-electron chi connectivity index (χ2n) is 12.9. The summed E-state index contributed by atoms with van der Waals surface area (Å²) in [5.41, 5.74) is -0.860. The minimum absolute atomic E-state index is 0.0291. The molecular formula is C35H45FN2O5. The van der Waals surface area contributed by atoms with E-state index in [9.17, 15) is 29.3 Å². The largest absolute Gasteiger partial charge is 0.508 e. The lowest BCUT2D eigenvalue weighted by atomic mass is 9.64. The first kappa shape index (κ1) is 32.6. The normalized spacial score (nSPS) is 22.0. The van der Waals surface area contributed by atoms with E-state index in [1.807, 2.05) is 19.0 Å². The summed E-state index contributed by atoms with van der Waals surface area (Å²) in [7, 11) is 3.82. The van der Waals surface area contributed by atoms with Crippen LogP contribution in [0.4, 0.5) is 4.39 Å². The molecule has 232 valence electrons. The van der Waals surface area contributed by atoms with Crippen LogP contribution in [0.2, 0.25) is 0 Å². The van der Waals surface area contributed by atoms with Gasteiger partial charge in [0.15, 0.2) is 5.78 Å². The molecule has 2 aromatic rings. The highest BCUT2D eigenvalue weighted by atomic mass is 19.1. The highest BCUT2D eigenvalue weighted by Gasteiger charge is 2.46. The van der Waals surface area contributed by atoms with Gasteiger partial charge < -0.3 is 25.5 Å². The van der Waals surface area contributed by atoms with Crippen molar-refractivity contribution in [3.63, 3.8) is 0 Å². The molecular weight excluding hydrogens is 547 g/mol. The van der Waals surface area contributed by atoms with Gasteiger partial charge in [0.1, 0.15) is 23.1 Å². The highest BCUT2D eigenvalue weighted by molar-refractivity contribution is 6.16. The van der Waals surface area contributed by atoms with E-state index in [1.54, 1.807) is 45.0 Å². The number of nitrogens with zero attached hydrogens (tertiary/aromatic N) is 1. The Hall–Kier alpha value is -3.33. The van der Waals surface area contributed by atoms with E-state index in [0.717, 1.165) is 13.0 Å². The van der Waals surface area contributed by atoms with Crippen molar-refractivity contribution in [1.29, 1.82) is 0 Å². The summed E-state index contributed by atoms with van der Waals surface area (Å²) in [4.78, 5) is 30.6. The smallest absolute Gasteiger partial charge is 0.189 e. The Balaban J connectivity index is 1.84. The molecule has 4 rings (SSSR count). The number of nitrogens with one attached hydrogen (secondary N) is 1. The van der Waals surface area contributed by atoms with Crippen molar-refractivity contribution in [2.24, 2.45) is 11.3 Å². The topological polar surface area (TPSA) is 110 Å². The van der Waals surface area contributed by atoms with Crippen LogP contribution in [-0.4, -0.2) is 70.6 Å². The van der Waals surface area contributed by atoms with E-state index in [-0.39, 0.29) is 57.9 Å². The summed E-state index contributed by atoms with van der Waals surface area (Å²) in [6, 6.07) is 10.3. The third-order valence-electron chi connectivity index (χ3n) is 9.08. The molecule has 0 aromatic heterocycles. The SMILES string of the molecule is Cc1c(F)cccc1C1=C(C(=O)c2cccc(O)c2)CC(CCC[C@H](N(C)C)C(C)(C)O)(C(=O)[C@@H]2CCCNC2)C=C1O. The quantitative estimate of drug-likeness (QED) is 0.246. The number of phenols is 1. The van der Waals surface area contributed by atoms with Crippen molar-refractivity contribution in [3.05, 3.63) is 82.4 Å². The van der Waals surface area contributed by atoms with Gasteiger partial charge in [0, 0.05) is 35.2 Å². The molecule has 1 unspecified atom stereocenters. The van der Waals surface area contributed by atoms with Crippen LogP contribution in [0.25, 0.3) is 5.57 Å². The maximum Gasteiger partial charge on any atom is 0.189 e. The Morgan fingerprint density at radius 2 is 1.88 bits per heavy atom. The molecule has 0 radical (unpaired) electrons. The van der Waals surface area contributed by atoms with E-state index >= 15 is 0 Å². The van der Waals surface area contributed by atoms with Gasteiger partial charge in [-0.05, 0) is 109 Å². The Kier molecular flexibility index (Phi) is 9.94. The van der Waals surface area contributed by atoms with Gasteiger partial charge in [-0.1, -0.05) is 30.7 Å². The second-order valence-corrected chi connectivity index (χ2v) is 12.9. The Bertz CT molecular complexity index is 1420. The number of allylic oxidation sites excluding steroid dienone is 3. The average Bonchev–Trinajstić information content (AvgIpc) is 2.95. The summed E-state index contributed by atoms with van der Waals surface area (Å²) in [6.07, 6.45) is 4.70. The maximum absolute atomic E-state index is 14.8. The van der Waals surface area contributed by atoms with Crippen LogP contribution < -0.4 is 5.32 Å². The average molecular weight is 593 g/mol. The summed E-state index contributed by atoms with van der Waals surface area (Å²) in [5, 5.41) is 36.0. The molecule has 43 heavy (non-hydrogen) atoms. The summed E-state index contributed by atoms with van der Waals surface area (Å²) >= 11 is 0. The van der Waals surface area contributed by atoms with Crippen LogP contribution in [0.15, 0.2) is 59.9 Å². The minimum Gasteiger partial charge on any atom is -0.508 e. The monoisotopic (exact) mass is 592 g/mol. The molecule has 1 heterocycles. The van der Waals surface area contributed by atoms with E-state index in [4.69, 9.17) is 0 Å². The molecule has 1 saturated heterocycles. The second kappa shape index (κ2) is 13.1. The molecule has 0 saturated carbocycles. The van der Waals surface area contributed by atoms with Crippen LogP contribution in [-0.2, 0) is 4.79 Å². The van der Waals surface area contributed by atoms with Gasteiger partial charge in [-0.25, -0.2) is 4.39 Å². The number of hydrogen-bond donors (Lipinski definition) is 4. The lowest BCUT2D eigenvalue weighted by Gasteiger charge is -2.40. The van der Waals surface area contributed by atoms with Crippen molar-refractivity contribution < 1.29 is 29.3 Å². The van der Waals surface area contributed by atoms with Gasteiger partial charge in [-0.15, -0.1) is 0 Å². The fourth-order valence-corrected chi connectivity index (χ4v) is 6.92. The van der Waals surface area contributed by atoms with Gasteiger partial charge in [-0.2, -0.15) is 0 Å². The third kappa shape index (κ3) is 7.08. The number of halogens is 1. The number of aliphatic hydroxyl groups is 2. The maximum atomic E-state index is 14.8. The molecule has 1 fully saturated rings. The first-order valence-electron chi connectivity index (χ1n) is 15.1. The van der Waals surface area contributed by atoms with Gasteiger partial charge in [0.2, 0.25) is 0 Å². The fourth-order valence-electron chi connectivity index (χ4n) is 6.92. The van der Waals surface area contributed by atoms with Crippen LogP contribution in [0.1, 0.15) is 73.9 Å². The zero-order chi connectivity index (χ0) is 31.5. The Labute approximate surface area is 254 Å². The molecule has 8 heteroatoms. The number of aliphatic hydroxyl groups excluding tert-OH is 1. The number of rotatable bonds is 11. The van der Waals surface area contributed by atoms with Crippen molar-refractivity contribution in [1.82, 2.24) is 10.2 Å². The van der Waals surface area contributed by atoms with Crippen molar-refractivity contribution in [3.8, 4) is 5.75 Å². The first-order valence-corrected chi connectivity index (χ1v) is 15.1. The zero-order valence-electron chi connectivity index (χ0n) is 25.9. The molecule has 2 aromatic carbocycles. The van der Waals surface area contributed by atoms with Crippen molar-refractivity contribution >= 4 is 17.1 Å². The van der Waals surface area contributed by atoms with Crippen molar-refractivity contribution in [2.45, 2.75) is 70.9 Å². The minimum atomic E-state index is -1.18. The predicted molar refractivity (Wildman–Crippen MR) is 166 cm³/mol. The van der Waals surface area contributed by atoms with Crippen molar-refractivity contribution in [2.75, 3.05) is 27.2 Å². The zero-order valence-corrected chi connectivity index (χ0v) is 25.9. The number of likely N-dealkylation sites (N-methyl/N-ethyl adjacent to an activating group) is 1. The van der Waals surface area contributed by atoms with E-state index in [1.165, 1.54) is 24.3 Å². The molecule has 1 aliphatic carbocycles. The molecule has 3 atom stereocenters. The third-order valence-corrected chi connectivity index (χ3v) is 9.08. The van der Waals surface area contributed by atoms with Crippen LogP contribution in [0, 0.1) is 24.1 Å². The van der Waals surface area contributed by atoms with Gasteiger partial charge >= 0.3 is 0 Å². The molecule has 4 N–H and O–H groups in total. The fraction of sp³-hybridized carbons (Fsp3) is 0.486. The summed E-state index contributed by atoms with van der Waals surface area (Å²) in [6.45, 7) is 6.48. The van der Waals surface area contributed by atoms with Crippen LogP contribution in [0.5, 0.6) is 5.75 Å². The number of carbonyl (C=O) groups excluding carboxylic acids is 2.